The smallest absolute Gasteiger partial charge is 0.255 e. The molecule has 1 N–H and O–H groups in total. The van der Waals surface area contributed by atoms with Crippen molar-refractivity contribution >= 4 is 11.7 Å². The SMILES string of the molecule is CCCC1(O)CN(C(=O)c2ccc(N(C)C)nc2)C1. The minimum absolute atomic E-state index is 0.0569. The van der Waals surface area contributed by atoms with Gasteiger partial charge in [-0.05, 0) is 18.6 Å². The third kappa shape index (κ3) is 2.87. The molecule has 5 nitrogen and oxygen atoms in total. The molecule has 0 aromatic carbocycles. The molecule has 1 fully saturated rings. The lowest BCUT2D eigenvalue weighted by molar-refractivity contribution is -0.0860. The van der Waals surface area contributed by atoms with Crippen LogP contribution in [0, 0.1) is 0 Å². The van der Waals surface area contributed by atoms with Crippen LogP contribution in [0.1, 0.15) is 30.1 Å². The summed E-state index contributed by atoms with van der Waals surface area (Å²) in [4.78, 5) is 19.9. The molecule has 1 aromatic rings. The first-order valence-electron chi connectivity index (χ1n) is 6.60. The molecule has 0 atom stereocenters. The van der Waals surface area contributed by atoms with Crippen LogP contribution in [0.4, 0.5) is 5.82 Å². The molecular weight excluding hydrogens is 242 g/mol. The molecule has 0 saturated carbocycles. The van der Waals surface area contributed by atoms with Gasteiger partial charge in [0.2, 0.25) is 0 Å². The summed E-state index contributed by atoms with van der Waals surface area (Å²) in [6.45, 7) is 2.89. The third-order valence-corrected chi connectivity index (χ3v) is 3.43. The summed E-state index contributed by atoms with van der Waals surface area (Å²) < 4.78 is 0. The van der Waals surface area contributed by atoms with Crippen LogP contribution in [0.25, 0.3) is 0 Å². The Morgan fingerprint density at radius 1 is 1.47 bits per heavy atom. The number of aromatic nitrogens is 1. The summed E-state index contributed by atoms with van der Waals surface area (Å²) >= 11 is 0. The number of pyridine rings is 1. The van der Waals surface area contributed by atoms with Crippen molar-refractivity contribution < 1.29 is 9.90 Å². The van der Waals surface area contributed by atoms with Gasteiger partial charge in [-0.2, -0.15) is 0 Å². The Labute approximate surface area is 113 Å². The number of hydrogen-bond donors (Lipinski definition) is 1. The van der Waals surface area contributed by atoms with Gasteiger partial charge in [-0.15, -0.1) is 0 Å². The topological polar surface area (TPSA) is 56.7 Å². The quantitative estimate of drug-likeness (QED) is 0.885. The van der Waals surface area contributed by atoms with E-state index in [1.807, 2.05) is 32.0 Å². The van der Waals surface area contributed by atoms with E-state index in [2.05, 4.69) is 4.98 Å². The van der Waals surface area contributed by atoms with Crippen molar-refractivity contribution in [1.82, 2.24) is 9.88 Å². The molecule has 2 rings (SSSR count). The number of rotatable bonds is 4. The minimum Gasteiger partial charge on any atom is -0.386 e. The number of carbonyl (C=O) groups is 1. The first-order valence-corrected chi connectivity index (χ1v) is 6.60. The lowest BCUT2D eigenvalue weighted by Crippen LogP contribution is -2.63. The maximum Gasteiger partial charge on any atom is 0.255 e. The Morgan fingerprint density at radius 3 is 2.63 bits per heavy atom. The summed E-state index contributed by atoms with van der Waals surface area (Å²) in [6, 6.07) is 3.60. The number of amides is 1. The van der Waals surface area contributed by atoms with Gasteiger partial charge in [-0.3, -0.25) is 4.79 Å². The number of β-amino-alcohol motifs (C(OH)–C–C–N with tert-alkyl or cyclic N) is 1. The summed E-state index contributed by atoms with van der Waals surface area (Å²) in [5, 5.41) is 10.1. The highest BCUT2D eigenvalue weighted by molar-refractivity contribution is 5.94. The van der Waals surface area contributed by atoms with Gasteiger partial charge < -0.3 is 14.9 Å². The van der Waals surface area contributed by atoms with Crippen molar-refractivity contribution in [3.05, 3.63) is 23.9 Å². The van der Waals surface area contributed by atoms with Gasteiger partial charge in [0.05, 0.1) is 24.3 Å². The minimum atomic E-state index is -0.679. The van der Waals surface area contributed by atoms with Crippen molar-refractivity contribution in [1.29, 1.82) is 0 Å². The van der Waals surface area contributed by atoms with Gasteiger partial charge in [0, 0.05) is 20.3 Å². The zero-order chi connectivity index (χ0) is 14.0. The molecule has 19 heavy (non-hydrogen) atoms. The average molecular weight is 263 g/mol. The van der Waals surface area contributed by atoms with Gasteiger partial charge in [0.1, 0.15) is 5.82 Å². The molecule has 0 aliphatic carbocycles. The van der Waals surface area contributed by atoms with E-state index in [1.54, 1.807) is 17.2 Å². The van der Waals surface area contributed by atoms with Crippen molar-refractivity contribution in [2.24, 2.45) is 0 Å². The summed E-state index contributed by atoms with van der Waals surface area (Å²) in [7, 11) is 3.81. The molecule has 1 aromatic heterocycles. The van der Waals surface area contributed by atoms with Crippen molar-refractivity contribution in [3.8, 4) is 0 Å². The monoisotopic (exact) mass is 263 g/mol. The third-order valence-electron chi connectivity index (χ3n) is 3.43. The molecule has 2 heterocycles. The van der Waals surface area contributed by atoms with Crippen LogP contribution in [-0.4, -0.2) is 53.7 Å². The Kier molecular flexibility index (Phi) is 3.75. The Balaban J connectivity index is 1.98. The largest absolute Gasteiger partial charge is 0.386 e. The van der Waals surface area contributed by atoms with Crippen LogP contribution >= 0.6 is 0 Å². The van der Waals surface area contributed by atoms with E-state index < -0.39 is 5.60 Å². The number of carbonyl (C=O) groups excluding carboxylic acids is 1. The van der Waals surface area contributed by atoms with Crippen molar-refractivity contribution in [2.75, 3.05) is 32.1 Å². The van der Waals surface area contributed by atoms with Crippen molar-refractivity contribution in [3.63, 3.8) is 0 Å². The second-order valence-corrected chi connectivity index (χ2v) is 5.44. The van der Waals surface area contributed by atoms with Gasteiger partial charge in [-0.25, -0.2) is 4.98 Å². The van der Waals surface area contributed by atoms with E-state index in [4.69, 9.17) is 0 Å². The predicted molar refractivity (Wildman–Crippen MR) is 74.3 cm³/mol. The summed E-state index contributed by atoms with van der Waals surface area (Å²) in [5.74, 6) is 0.765. The maximum absolute atomic E-state index is 12.2. The summed E-state index contributed by atoms with van der Waals surface area (Å²) in [5.41, 5.74) is -0.106. The molecule has 1 amide bonds. The van der Waals surface area contributed by atoms with E-state index in [9.17, 15) is 9.90 Å². The van der Waals surface area contributed by atoms with Crippen LogP contribution in [0.15, 0.2) is 18.3 Å². The zero-order valence-corrected chi connectivity index (χ0v) is 11.8. The molecule has 1 aliphatic rings. The maximum atomic E-state index is 12.2. The van der Waals surface area contributed by atoms with Gasteiger partial charge in [-0.1, -0.05) is 13.3 Å². The fourth-order valence-electron chi connectivity index (χ4n) is 2.39. The first-order chi connectivity index (χ1) is 8.95. The first kappa shape index (κ1) is 13.8. The second-order valence-electron chi connectivity index (χ2n) is 5.44. The van der Waals surface area contributed by atoms with Gasteiger partial charge in [0.25, 0.3) is 5.91 Å². The Morgan fingerprint density at radius 2 is 2.16 bits per heavy atom. The van der Waals surface area contributed by atoms with Crippen LogP contribution in [-0.2, 0) is 0 Å². The molecule has 0 spiro atoms. The second kappa shape index (κ2) is 5.17. The predicted octanol–water partition coefficient (Wildman–Crippen LogP) is 1.13. The highest BCUT2D eigenvalue weighted by atomic mass is 16.3. The molecule has 1 saturated heterocycles. The molecule has 0 unspecified atom stereocenters. The molecule has 0 bridgehead atoms. The number of aliphatic hydroxyl groups is 1. The number of nitrogens with zero attached hydrogens (tertiary/aromatic N) is 3. The Bertz CT molecular complexity index is 450. The number of hydrogen-bond acceptors (Lipinski definition) is 4. The number of anilines is 1. The summed E-state index contributed by atoms with van der Waals surface area (Å²) in [6.07, 6.45) is 3.26. The molecular formula is C14H21N3O2. The fourth-order valence-corrected chi connectivity index (χ4v) is 2.39. The standard InChI is InChI=1S/C14H21N3O2/c1-4-7-14(19)9-17(10-14)13(18)11-5-6-12(15-8-11)16(2)3/h5-6,8,19H,4,7,9-10H2,1-3H3. The van der Waals surface area contributed by atoms with E-state index >= 15 is 0 Å². The fraction of sp³-hybridized carbons (Fsp3) is 0.571. The van der Waals surface area contributed by atoms with Crippen LogP contribution in [0.2, 0.25) is 0 Å². The highest BCUT2D eigenvalue weighted by Crippen LogP contribution is 2.27. The highest BCUT2D eigenvalue weighted by Gasteiger charge is 2.42. The Hall–Kier alpha value is -1.62. The molecule has 1 aliphatic heterocycles. The average Bonchev–Trinajstić information content (AvgIpc) is 2.35. The lowest BCUT2D eigenvalue weighted by Gasteiger charge is -2.46. The van der Waals surface area contributed by atoms with E-state index in [0.29, 0.717) is 18.7 Å². The normalized spacial score (nSPS) is 16.9. The zero-order valence-electron chi connectivity index (χ0n) is 11.8. The van der Waals surface area contributed by atoms with Crippen LogP contribution in [0.3, 0.4) is 0 Å². The van der Waals surface area contributed by atoms with Crippen LogP contribution < -0.4 is 4.90 Å². The molecule has 0 radical (unpaired) electrons. The lowest BCUT2D eigenvalue weighted by atomic mass is 9.89. The molecule has 104 valence electrons. The van der Waals surface area contributed by atoms with Gasteiger partial charge >= 0.3 is 0 Å². The number of likely N-dealkylation sites (tertiary alicyclic amines) is 1. The van der Waals surface area contributed by atoms with Crippen molar-refractivity contribution in [2.45, 2.75) is 25.4 Å². The van der Waals surface area contributed by atoms with Crippen LogP contribution in [0.5, 0.6) is 0 Å². The molecule has 5 heteroatoms. The van der Waals surface area contributed by atoms with E-state index in [1.165, 1.54) is 0 Å². The van der Waals surface area contributed by atoms with E-state index in [-0.39, 0.29) is 5.91 Å². The van der Waals surface area contributed by atoms with Gasteiger partial charge in [0.15, 0.2) is 0 Å². The van der Waals surface area contributed by atoms with E-state index in [0.717, 1.165) is 18.7 Å².